The van der Waals surface area contributed by atoms with Crippen LogP contribution in [0.25, 0.3) is 0 Å². The lowest BCUT2D eigenvalue weighted by atomic mass is 10.0. The molecule has 0 aliphatic carbocycles. The molecule has 0 unspecified atom stereocenters. The Kier molecular flexibility index (Phi) is 13.5. The van der Waals surface area contributed by atoms with Gasteiger partial charge in [-0.25, -0.2) is 0 Å². The molecule has 0 fully saturated rings. The van der Waals surface area contributed by atoms with E-state index in [0.29, 0.717) is 65.9 Å². The van der Waals surface area contributed by atoms with Crippen molar-refractivity contribution in [2.75, 3.05) is 26.7 Å². The highest BCUT2D eigenvalue weighted by atomic mass is 16.3. The molecule has 0 spiro atoms. The molecule has 42 heavy (non-hydrogen) atoms. The summed E-state index contributed by atoms with van der Waals surface area (Å²) in [7, 11) is 0. The second-order valence-electron chi connectivity index (χ2n) is 10.6. The van der Waals surface area contributed by atoms with Gasteiger partial charge in [-0.05, 0) is 20.8 Å². The van der Waals surface area contributed by atoms with Gasteiger partial charge in [-0.15, -0.1) is 0 Å². The van der Waals surface area contributed by atoms with Gasteiger partial charge in [-0.2, -0.15) is 0 Å². The van der Waals surface area contributed by atoms with Gasteiger partial charge in [0.2, 0.25) is 0 Å². The van der Waals surface area contributed by atoms with E-state index in [-0.39, 0.29) is 17.2 Å². The van der Waals surface area contributed by atoms with Gasteiger partial charge < -0.3 is 58.7 Å². The molecule has 3 aromatic rings. The molecule has 0 aromatic heterocycles. The number of phenols is 3. The summed E-state index contributed by atoms with van der Waals surface area (Å²) >= 11 is 0. The molecule has 3 aromatic carbocycles. The second kappa shape index (κ2) is 17.0. The number of rotatable bonds is 18. The summed E-state index contributed by atoms with van der Waals surface area (Å²) in [5.74, 6) is 0.817. The molecule has 0 saturated carbocycles. The van der Waals surface area contributed by atoms with Crippen LogP contribution >= 0.6 is 0 Å². The van der Waals surface area contributed by atoms with Crippen LogP contribution in [-0.4, -0.2) is 42.0 Å². The Labute approximate surface area is 249 Å². The number of hydrogen-bond donors (Lipinski definition) is 11. The first kappa shape index (κ1) is 33.2. The van der Waals surface area contributed by atoms with E-state index in [1.807, 2.05) is 57.2 Å². The summed E-state index contributed by atoms with van der Waals surface area (Å²) < 4.78 is 0. The molecule has 0 bridgehead atoms. The Hall–Kier alpha value is -3.26. The van der Waals surface area contributed by atoms with Crippen molar-refractivity contribution in [1.29, 1.82) is 0 Å². The molecule has 11 nitrogen and oxygen atoms in total. The van der Waals surface area contributed by atoms with E-state index in [2.05, 4.69) is 31.9 Å². The number of hydrogen-bond acceptors (Lipinski definition) is 11. The average Bonchev–Trinajstić information content (AvgIpc) is 2.96. The molecular weight excluding hydrogens is 532 g/mol. The summed E-state index contributed by atoms with van der Waals surface area (Å²) in [6.45, 7) is 10.7. The molecule has 230 valence electrons. The minimum absolute atomic E-state index is 0.266. The van der Waals surface area contributed by atoms with Crippen LogP contribution in [0.15, 0.2) is 36.4 Å². The van der Waals surface area contributed by atoms with E-state index in [1.165, 1.54) is 0 Å². The fourth-order valence-electron chi connectivity index (χ4n) is 4.99. The summed E-state index contributed by atoms with van der Waals surface area (Å²) in [4.78, 5) is 0. The highest BCUT2D eigenvalue weighted by Crippen LogP contribution is 2.26. The lowest BCUT2D eigenvalue weighted by molar-refractivity contribution is 0.446. The summed E-state index contributed by atoms with van der Waals surface area (Å²) in [5, 5.41) is 51.4. The maximum Gasteiger partial charge on any atom is 0.124 e. The van der Waals surface area contributed by atoms with Crippen LogP contribution in [0.1, 0.15) is 50.1 Å². The molecule has 3 rings (SSSR count). The van der Waals surface area contributed by atoms with Gasteiger partial charge >= 0.3 is 0 Å². The first-order valence-electron chi connectivity index (χ1n) is 14.3. The van der Waals surface area contributed by atoms with Crippen LogP contribution in [0, 0.1) is 20.8 Å². The molecule has 0 amide bonds. The predicted octanol–water partition coefficient (Wildman–Crippen LogP) is 1.41. The van der Waals surface area contributed by atoms with Crippen molar-refractivity contribution >= 4 is 0 Å². The molecule has 0 aliphatic heterocycles. The smallest absolute Gasteiger partial charge is 0.124 e. The quantitative estimate of drug-likeness (QED) is 0.0772. The van der Waals surface area contributed by atoms with E-state index < -0.39 is 0 Å². The third-order valence-electron chi connectivity index (χ3n) is 6.92. The summed E-state index contributed by atoms with van der Waals surface area (Å²) in [6, 6.07) is 11.8. The van der Waals surface area contributed by atoms with Gasteiger partial charge in [0.1, 0.15) is 17.2 Å². The molecule has 0 saturated heterocycles. The Morgan fingerprint density at radius 3 is 0.857 bits per heavy atom. The van der Waals surface area contributed by atoms with Crippen molar-refractivity contribution in [1.82, 2.24) is 31.9 Å². The van der Waals surface area contributed by atoms with Crippen molar-refractivity contribution in [3.05, 3.63) is 86.5 Å². The Bertz CT molecular complexity index is 1210. The van der Waals surface area contributed by atoms with Crippen LogP contribution in [0.3, 0.4) is 0 Å². The van der Waals surface area contributed by atoms with Crippen molar-refractivity contribution in [2.45, 2.75) is 60.0 Å². The van der Waals surface area contributed by atoms with Gasteiger partial charge in [-0.3, -0.25) is 0 Å². The molecule has 11 heteroatoms. The normalized spacial score (nSPS) is 11.4. The van der Waals surface area contributed by atoms with Crippen molar-refractivity contribution in [2.24, 2.45) is 11.5 Å². The zero-order valence-corrected chi connectivity index (χ0v) is 25.0. The van der Waals surface area contributed by atoms with Gasteiger partial charge in [-0.1, -0.05) is 53.1 Å². The molecular formula is C31H48N8O3. The minimum atomic E-state index is 0.266. The van der Waals surface area contributed by atoms with Crippen LogP contribution in [0.2, 0.25) is 0 Å². The molecule has 0 atom stereocenters. The highest BCUT2D eigenvalue weighted by molar-refractivity contribution is 5.45. The van der Waals surface area contributed by atoms with Gasteiger partial charge in [0.15, 0.2) is 0 Å². The fraction of sp³-hybridized carbons (Fsp3) is 0.419. The summed E-state index contributed by atoms with van der Waals surface area (Å²) in [6.07, 6.45) is 0. The lowest BCUT2D eigenvalue weighted by Gasteiger charge is -2.15. The number of aryl methyl sites for hydroxylation is 3. The van der Waals surface area contributed by atoms with Crippen molar-refractivity contribution < 1.29 is 15.3 Å². The molecule has 0 aliphatic rings. The number of phenolic OH excluding ortho intramolecular Hbond substituents is 3. The van der Waals surface area contributed by atoms with Crippen molar-refractivity contribution in [3.63, 3.8) is 0 Å². The van der Waals surface area contributed by atoms with Crippen molar-refractivity contribution in [3.8, 4) is 17.2 Å². The Morgan fingerprint density at radius 2 is 0.643 bits per heavy atom. The van der Waals surface area contributed by atoms with Crippen LogP contribution < -0.4 is 43.4 Å². The zero-order valence-electron chi connectivity index (χ0n) is 25.0. The van der Waals surface area contributed by atoms with Gasteiger partial charge in [0, 0.05) is 99.3 Å². The highest BCUT2D eigenvalue weighted by Gasteiger charge is 2.11. The lowest BCUT2D eigenvalue weighted by Crippen LogP contribution is -2.29. The minimum Gasteiger partial charge on any atom is -0.507 e. The number of nitrogens with two attached hydrogens (primary N) is 2. The van der Waals surface area contributed by atoms with E-state index >= 15 is 0 Å². The molecule has 0 heterocycles. The zero-order chi connectivity index (χ0) is 30.5. The number of nitrogens with one attached hydrogen (secondary N) is 6. The Balaban J connectivity index is 1.46. The van der Waals surface area contributed by atoms with E-state index in [0.717, 1.165) is 50.1 Å². The summed E-state index contributed by atoms with van der Waals surface area (Å²) in [5.41, 5.74) is 19.2. The van der Waals surface area contributed by atoms with Crippen LogP contribution in [-0.2, 0) is 39.3 Å². The van der Waals surface area contributed by atoms with E-state index in [9.17, 15) is 15.3 Å². The SMILES string of the molecule is Cc1cc(CNCN)c(O)c(CNCNCc2cc(C)cc(CNCNCc3cc(C)cc(CNCN)c3O)c2O)c1. The monoisotopic (exact) mass is 580 g/mol. The first-order valence-corrected chi connectivity index (χ1v) is 14.3. The standard InChI is InChI=1S/C31H48N8O3/c1-20-4-23(10-34-16-32)29(40)25(6-20)12-36-18-38-14-27-8-22(3)9-28(31(27)42)15-39-19-37-13-26-7-21(2)5-24(30(26)41)11-35-17-33/h4-9,34-42H,10-19,32-33H2,1-3H3. The third-order valence-corrected chi connectivity index (χ3v) is 6.92. The van der Waals surface area contributed by atoms with Gasteiger partial charge in [0.05, 0.1) is 0 Å². The number of aromatic hydroxyl groups is 3. The first-order chi connectivity index (χ1) is 20.2. The third kappa shape index (κ3) is 9.93. The number of benzene rings is 3. The van der Waals surface area contributed by atoms with E-state index in [4.69, 9.17) is 11.5 Å². The molecule has 0 radical (unpaired) electrons. The molecule has 13 N–H and O–H groups in total. The Morgan fingerprint density at radius 1 is 0.429 bits per heavy atom. The van der Waals surface area contributed by atoms with Gasteiger partial charge in [0.25, 0.3) is 0 Å². The maximum absolute atomic E-state index is 10.9. The average molecular weight is 581 g/mol. The van der Waals surface area contributed by atoms with Crippen LogP contribution in [0.5, 0.6) is 17.2 Å². The van der Waals surface area contributed by atoms with E-state index in [1.54, 1.807) is 0 Å². The van der Waals surface area contributed by atoms with Crippen LogP contribution in [0.4, 0.5) is 0 Å². The topological polar surface area (TPSA) is 185 Å². The fourth-order valence-corrected chi connectivity index (χ4v) is 4.99. The second-order valence-corrected chi connectivity index (χ2v) is 10.6. The maximum atomic E-state index is 10.9. The largest absolute Gasteiger partial charge is 0.507 e. The predicted molar refractivity (Wildman–Crippen MR) is 167 cm³/mol.